The number of nitro benzene ring substituents is 1. The van der Waals surface area contributed by atoms with Gasteiger partial charge in [-0.15, -0.1) is 0 Å². The Morgan fingerprint density at radius 1 is 1.21 bits per heavy atom. The lowest BCUT2D eigenvalue weighted by Gasteiger charge is -2.29. The maximum absolute atomic E-state index is 13.0. The Bertz CT molecular complexity index is 1110. The zero-order valence-corrected chi connectivity index (χ0v) is 19.1. The van der Waals surface area contributed by atoms with E-state index in [9.17, 15) is 14.9 Å². The molecule has 8 nitrogen and oxygen atoms in total. The average molecular weight is 468 g/mol. The number of nitrogens with zero attached hydrogens (tertiary/aromatic N) is 2. The maximum Gasteiger partial charge on any atom is 0.276 e. The van der Waals surface area contributed by atoms with Crippen molar-refractivity contribution in [3.63, 3.8) is 0 Å². The number of amides is 1. The van der Waals surface area contributed by atoms with Crippen LogP contribution in [0.1, 0.15) is 43.2 Å². The molecule has 2 aromatic carbocycles. The molecule has 172 valence electrons. The van der Waals surface area contributed by atoms with E-state index in [4.69, 9.17) is 21.7 Å². The van der Waals surface area contributed by atoms with Gasteiger partial charge in [0, 0.05) is 17.7 Å². The number of thiocarbonyl (C=S) groups is 1. The molecule has 2 aliphatic rings. The van der Waals surface area contributed by atoms with Gasteiger partial charge in [-0.1, -0.05) is 31.4 Å². The minimum Gasteiger partial charge on any atom is -0.496 e. The zero-order valence-electron chi connectivity index (χ0n) is 18.3. The van der Waals surface area contributed by atoms with E-state index in [1.165, 1.54) is 18.6 Å². The summed E-state index contributed by atoms with van der Waals surface area (Å²) in [6.45, 7) is 0.148. The van der Waals surface area contributed by atoms with E-state index in [0.717, 1.165) is 36.8 Å². The van der Waals surface area contributed by atoms with E-state index in [2.05, 4.69) is 5.32 Å². The molecule has 1 heterocycles. The summed E-state index contributed by atoms with van der Waals surface area (Å²) in [5.74, 6) is 0.904. The van der Waals surface area contributed by atoms with E-state index >= 15 is 0 Å². The monoisotopic (exact) mass is 467 g/mol. The predicted molar refractivity (Wildman–Crippen MR) is 128 cm³/mol. The molecule has 1 saturated carbocycles. The first kappa shape index (κ1) is 22.7. The number of rotatable bonds is 7. The topological polar surface area (TPSA) is 93.9 Å². The highest BCUT2D eigenvalue weighted by molar-refractivity contribution is 7.80. The fourth-order valence-corrected chi connectivity index (χ4v) is 4.58. The third kappa shape index (κ3) is 5.14. The summed E-state index contributed by atoms with van der Waals surface area (Å²) in [4.78, 5) is 25.3. The van der Waals surface area contributed by atoms with Crippen molar-refractivity contribution in [1.82, 2.24) is 10.2 Å². The Morgan fingerprint density at radius 2 is 2.00 bits per heavy atom. The van der Waals surface area contributed by atoms with Crippen LogP contribution in [0.25, 0.3) is 6.08 Å². The summed E-state index contributed by atoms with van der Waals surface area (Å²) in [5, 5.41) is 14.5. The van der Waals surface area contributed by atoms with Gasteiger partial charge >= 0.3 is 0 Å². The Morgan fingerprint density at radius 3 is 2.73 bits per heavy atom. The molecule has 1 amide bonds. The van der Waals surface area contributed by atoms with Gasteiger partial charge in [0.1, 0.15) is 23.8 Å². The first-order valence-electron chi connectivity index (χ1n) is 10.9. The molecule has 1 saturated heterocycles. The summed E-state index contributed by atoms with van der Waals surface area (Å²) in [6.07, 6.45) is 7.15. The number of benzene rings is 2. The molecule has 1 aliphatic heterocycles. The largest absolute Gasteiger partial charge is 0.496 e. The minimum absolute atomic E-state index is 0.0396. The third-order valence-corrected chi connectivity index (χ3v) is 6.19. The molecule has 2 fully saturated rings. The van der Waals surface area contributed by atoms with Gasteiger partial charge in [0.05, 0.1) is 18.1 Å². The van der Waals surface area contributed by atoms with Gasteiger partial charge in [-0.25, -0.2) is 0 Å². The van der Waals surface area contributed by atoms with Crippen molar-refractivity contribution in [3.05, 3.63) is 69.4 Å². The summed E-state index contributed by atoms with van der Waals surface area (Å²) < 4.78 is 11.2. The zero-order chi connectivity index (χ0) is 23.4. The Hall–Kier alpha value is -3.46. The van der Waals surface area contributed by atoms with Crippen LogP contribution >= 0.6 is 12.2 Å². The number of carbonyl (C=O) groups is 1. The lowest BCUT2D eigenvalue weighted by molar-refractivity contribution is -0.384. The smallest absolute Gasteiger partial charge is 0.276 e. The molecule has 9 heteroatoms. The van der Waals surface area contributed by atoms with Crippen molar-refractivity contribution in [2.45, 2.75) is 44.8 Å². The van der Waals surface area contributed by atoms with Crippen molar-refractivity contribution in [3.8, 4) is 11.5 Å². The summed E-state index contributed by atoms with van der Waals surface area (Å²) in [6, 6.07) is 11.7. The normalized spacial score (nSPS) is 17.8. The van der Waals surface area contributed by atoms with E-state index < -0.39 is 4.92 Å². The summed E-state index contributed by atoms with van der Waals surface area (Å²) in [5.41, 5.74) is 1.94. The van der Waals surface area contributed by atoms with Crippen LogP contribution in [0.2, 0.25) is 0 Å². The molecule has 0 radical (unpaired) electrons. The fraction of sp³-hybridized carbons (Fsp3) is 0.333. The number of nitro groups is 1. The molecule has 0 spiro atoms. The molecular weight excluding hydrogens is 442 g/mol. The molecule has 0 bridgehead atoms. The first-order valence-corrected chi connectivity index (χ1v) is 11.3. The Balaban J connectivity index is 1.52. The lowest BCUT2D eigenvalue weighted by atomic mass is 9.94. The van der Waals surface area contributed by atoms with Gasteiger partial charge in [0.2, 0.25) is 0 Å². The fourth-order valence-electron chi connectivity index (χ4n) is 4.24. The molecule has 4 rings (SSSR count). The second-order valence-electron chi connectivity index (χ2n) is 8.07. The number of methoxy groups -OCH3 is 1. The third-order valence-electron chi connectivity index (χ3n) is 5.89. The standard InChI is InChI=1S/C24H25N3O5S/c1-31-22-11-10-16(12-17(22)15-32-20-9-5-8-19(14-20)27(29)30)13-21-23(28)26(24(33)25-21)18-6-3-2-4-7-18/h5,8-14,18H,2-4,6-7,15H2,1H3,(H,25,33)/b21-13+. The highest BCUT2D eigenvalue weighted by Crippen LogP contribution is 2.28. The van der Waals surface area contributed by atoms with Crippen LogP contribution in [0.5, 0.6) is 11.5 Å². The SMILES string of the molecule is COc1ccc(/C=C2/NC(=S)N(C3CCCCC3)C2=O)cc1COc1cccc([N+](=O)[O-])c1. The molecular formula is C24H25N3O5S. The van der Waals surface area contributed by atoms with Crippen molar-refractivity contribution >= 4 is 35.0 Å². The molecule has 0 aromatic heterocycles. The Kier molecular flexibility index (Phi) is 6.88. The van der Waals surface area contributed by atoms with Gasteiger partial charge < -0.3 is 14.8 Å². The van der Waals surface area contributed by atoms with E-state index in [-0.39, 0.29) is 24.2 Å². The van der Waals surface area contributed by atoms with Gasteiger partial charge in [-0.05, 0) is 54.9 Å². The second kappa shape index (κ2) is 9.99. The van der Waals surface area contributed by atoms with Crippen molar-refractivity contribution < 1.29 is 19.2 Å². The van der Waals surface area contributed by atoms with Crippen molar-refractivity contribution in [2.24, 2.45) is 0 Å². The van der Waals surface area contributed by atoms with Crippen LogP contribution < -0.4 is 14.8 Å². The second-order valence-corrected chi connectivity index (χ2v) is 8.46. The predicted octanol–water partition coefficient (Wildman–Crippen LogP) is 4.57. The van der Waals surface area contributed by atoms with E-state index in [0.29, 0.717) is 22.3 Å². The van der Waals surface area contributed by atoms with Crippen LogP contribution in [0.3, 0.4) is 0 Å². The van der Waals surface area contributed by atoms with Gasteiger partial charge in [-0.2, -0.15) is 0 Å². The molecule has 0 atom stereocenters. The molecule has 1 N–H and O–H groups in total. The van der Waals surface area contributed by atoms with Crippen LogP contribution in [-0.2, 0) is 11.4 Å². The maximum atomic E-state index is 13.0. The van der Waals surface area contributed by atoms with Gasteiger partial charge in [-0.3, -0.25) is 19.8 Å². The van der Waals surface area contributed by atoms with Crippen LogP contribution in [0.15, 0.2) is 48.2 Å². The number of non-ortho nitro benzene ring substituents is 1. The highest BCUT2D eigenvalue weighted by atomic mass is 32.1. The average Bonchev–Trinajstić information content (AvgIpc) is 3.11. The van der Waals surface area contributed by atoms with Crippen LogP contribution in [0, 0.1) is 10.1 Å². The van der Waals surface area contributed by atoms with Gasteiger partial charge in [0.15, 0.2) is 5.11 Å². The summed E-state index contributed by atoms with van der Waals surface area (Å²) in [7, 11) is 1.56. The summed E-state index contributed by atoms with van der Waals surface area (Å²) >= 11 is 5.45. The number of hydrogen-bond acceptors (Lipinski definition) is 6. The molecule has 1 aliphatic carbocycles. The Labute approximate surface area is 197 Å². The van der Waals surface area contributed by atoms with Crippen molar-refractivity contribution in [2.75, 3.05) is 7.11 Å². The first-order chi connectivity index (χ1) is 16.0. The van der Waals surface area contributed by atoms with E-state index in [1.807, 2.05) is 12.1 Å². The van der Waals surface area contributed by atoms with Crippen molar-refractivity contribution in [1.29, 1.82) is 0 Å². The highest BCUT2D eigenvalue weighted by Gasteiger charge is 2.36. The van der Waals surface area contributed by atoms with Crippen LogP contribution in [-0.4, -0.2) is 34.0 Å². The lowest BCUT2D eigenvalue weighted by Crippen LogP contribution is -2.41. The molecule has 2 aromatic rings. The number of ether oxygens (including phenoxy) is 2. The molecule has 33 heavy (non-hydrogen) atoms. The van der Waals surface area contributed by atoms with E-state index in [1.54, 1.807) is 36.3 Å². The number of nitrogens with one attached hydrogen (secondary N) is 1. The van der Waals surface area contributed by atoms with Crippen LogP contribution in [0.4, 0.5) is 5.69 Å². The number of carbonyl (C=O) groups excluding carboxylic acids is 1. The number of hydrogen-bond donors (Lipinski definition) is 1. The van der Waals surface area contributed by atoms with Gasteiger partial charge in [0.25, 0.3) is 11.6 Å². The quantitative estimate of drug-likeness (QED) is 0.276. The minimum atomic E-state index is -0.465. The molecule has 0 unspecified atom stereocenters.